The minimum Gasteiger partial charge on any atom is -0.594 e. The van der Waals surface area contributed by atoms with Crippen molar-refractivity contribution in [1.29, 1.82) is 0 Å². The normalized spacial score (nSPS) is 14.3. The summed E-state index contributed by atoms with van der Waals surface area (Å²) in [7, 11) is 1.87. The average molecular weight is 416 g/mol. The fourth-order valence-corrected chi connectivity index (χ4v) is 4.03. The SMILES string of the molecule is Cc1cc(-c2nc3ccc(C4=CCN(C(=O)O)CC4)cc3[n+]([O-])n2)cc2cn(C)nc12. The fraction of sp³-hybridized carbons (Fsp3) is 0.227. The van der Waals surface area contributed by atoms with E-state index in [9.17, 15) is 10.0 Å². The summed E-state index contributed by atoms with van der Waals surface area (Å²) in [5.74, 6) is 0.359. The Labute approximate surface area is 177 Å². The molecule has 0 aliphatic carbocycles. The number of hydrogen-bond acceptors (Lipinski definition) is 5. The van der Waals surface area contributed by atoms with Crippen molar-refractivity contribution < 1.29 is 14.7 Å². The number of aromatic nitrogens is 5. The van der Waals surface area contributed by atoms with E-state index < -0.39 is 6.09 Å². The summed E-state index contributed by atoms with van der Waals surface area (Å²) in [4.78, 5) is 17.7. The predicted octanol–water partition coefficient (Wildman–Crippen LogP) is 2.89. The zero-order chi connectivity index (χ0) is 21.7. The van der Waals surface area contributed by atoms with Gasteiger partial charge in [0.25, 0.3) is 5.52 Å². The third-order valence-electron chi connectivity index (χ3n) is 5.62. The molecule has 0 unspecified atom stereocenters. The van der Waals surface area contributed by atoms with Crippen LogP contribution in [0.25, 0.3) is 38.9 Å². The highest BCUT2D eigenvalue weighted by atomic mass is 16.5. The summed E-state index contributed by atoms with van der Waals surface area (Å²) in [6.07, 6.45) is 3.48. The summed E-state index contributed by atoms with van der Waals surface area (Å²) in [5.41, 5.74) is 5.49. The van der Waals surface area contributed by atoms with Crippen LogP contribution in [0.2, 0.25) is 0 Å². The van der Waals surface area contributed by atoms with Crippen LogP contribution in [-0.4, -0.2) is 49.1 Å². The number of fused-ring (bicyclic) bond motifs is 2. The molecule has 9 heteroatoms. The lowest BCUT2D eigenvalue weighted by atomic mass is 9.99. The summed E-state index contributed by atoms with van der Waals surface area (Å²) >= 11 is 0. The maximum absolute atomic E-state index is 12.7. The number of carbonyl (C=O) groups is 1. The summed E-state index contributed by atoms with van der Waals surface area (Å²) in [5, 5.41) is 31.4. The predicted molar refractivity (Wildman–Crippen MR) is 115 cm³/mol. The molecule has 0 radical (unpaired) electrons. The van der Waals surface area contributed by atoms with Crippen molar-refractivity contribution in [2.45, 2.75) is 13.3 Å². The first-order valence-corrected chi connectivity index (χ1v) is 9.92. The Morgan fingerprint density at radius 3 is 2.81 bits per heavy atom. The summed E-state index contributed by atoms with van der Waals surface area (Å²) in [6.45, 7) is 2.74. The molecule has 2 aromatic carbocycles. The first-order valence-electron chi connectivity index (χ1n) is 9.92. The van der Waals surface area contributed by atoms with Crippen LogP contribution in [0.15, 0.2) is 42.6 Å². The number of hydrogen-bond donors (Lipinski definition) is 1. The van der Waals surface area contributed by atoms with E-state index in [-0.39, 0.29) is 0 Å². The van der Waals surface area contributed by atoms with E-state index in [1.165, 1.54) is 4.90 Å². The highest BCUT2D eigenvalue weighted by molar-refractivity contribution is 5.86. The maximum atomic E-state index is 12.7. The molecule has 0 saturated carbocycles. The smallest absolute Gasteiger partial charge is 0.407 e. The Hall–Kier alpha value is -4.01. The molecule has 2 aromatic heterocycles. The van der Waals surface area contributed by atoms with Crippen LogP contribution in [0.1, 0.15) is 17.5 Å². The molecule has 1 amide bonds. The van der Waals surface area contributed by atoms with E-state index in [0.29, 0.717) is 41.2 Å². The molecule has 0 saturated heterocycles. The number of benzene rings is 2. The van der Waals surface area contributed by atoms with E-state index in [4.69, 9.17) is 5.11 Å². The standard InChI is InChI=1S/C22H20N6O3/c1-13-9-16(10-17-12-26(2)24-20(13)17)21-23-18-4-3-15(11-19(18)28(31)25-21)14-5-7-27(8-6-14)22(29)30/h3-5,9-12H,6-8H2,1-2H3,(H,29,30). The van der Waals surface area contributed by atoms with Gasteiger partial charge in [-0.05, 0) is 53.1 Å². The fourth-order valence-electron chi connectivity index (χ4n) is 4.03. The Kier molecular flexibility index (Phi) is 4.32. The van der Waals surface area contributed by atoms with Crippen LogP contribution in [0.5, 0.6) is 0 Å². The van der Waals surface area contributed by atoms with Crippen molar-refractivity contribution in [3.05, 3.63) is 58.9 Å². The van der Waals surface area contributed by atoms with Crippen molar-refractivity contribution >= 4 is 33.6 Å². The quantitative estimate of drug-likeness (QED) is 0.397. The Morgan fingerprint density at radius 2 is 2.06 bits per heavy atom. The van der Waals surface area contributed by atoms with Gasteiger partial charge in [-0.1, -0.05) is 12.1 Å². The molecule has 0 atom stereocenters. The van der Waals surface area contributed by atoms with Crippen molar-refractivity contribution in [2.75, 3.05) is 13.1 Å². The van der Waals surface area contributed by atoms with E-state index in [2.05, 4.69) is 15.2 Å². The van der Waals surface area contributed by atoms with Gasteiger partial charge in [0.15, 0.2) is 0 Å². The molecular weight excluding hydrogens is 396 g/mol. The second-order valence-corrected chi connectivity index (χ2v) is 7.75. The highest BCUT2D eigenvalue weighted by Gasteiger charge is 2.19. The van der Waals surface area contributed by atoms with Gasteiger partial charge in [0, 0.05) is 48.4 Å². The van der Waals surface area contributed by atoms with Gasteiger partial charge in [0.2, 0.25) is 5.82 Å². The van der Waals surface area contributed by atoms with Gasteiger partial charge in [-0.15, -0.1) is 0 Å². The number of rotatable bonds is 2. The molecule has 0 spiro atoms. The third-order valence-corrected chi connectivity index (χ3v) is 5.62. The Balaban J connectivity index is 1.54. The second kappa shape index (κ2) is 7.05. The lowest BCUT2D eigenvalue weighted by Gasteiger charge is -2.23. The molecular formula is C22H20N6O3. The van der Waals surface area contributed by atoms with Crippen LogP contribution in [0.4, 0.5) is 4.79 Å². The maximum Gasteiger partial charge on any atom is 0.407 e. The topological polar surface area (TPSA) is 111 Å². The van der Waals surface area contributed by atoms with Gasteiger partial charge >= 0.3 is 6.09 Å². The number of aryl methyl sites for hydroxylation is 2. The largest absolute Gasteiger partial charge is 0.594 e. The number of carboxylic acid groups (broad SMARTS) is 1. The molecule has 156 valence electrons. The molecule has 3 heterocycles. The molecule has 1 N–H and O–H groups in total. The van der Waals surface area contributed by atoms with Crippen molar-refractivity contribution in [3.63, 3.8) is 0 Å². The first kappa shape index (κ1) is 19.0. The van der Waals surface area contributed by atoms with Gasteiger partial charge in [-0.3, -0.25) is 4.68 Å². The van der Waals surface area contributed by atoms with Crippen LogP contribution in [0.3, 0.4) is 0 Å². The number of nitrogens with zero attached hydrogens (tertiary/aromatic N) is 6. The zero-order valence-corrected chi connectivity index (χ0v) is 17.1. The van der Waals surface area contributed by atoms with Crippen LogP contribution in [0, 0.1) is 12.1 Å². The summed E-state index contributed by atoms with van der Waals surface area (Å²) in [6, 6.07) is 9.36. The summed E-state index contributed by atoms with van der Waals surface area (Å²) < 4.78 is 1.76. The van der Waals surface area contributed by atoms with E-state index in [1.807, 2.05) is 50.5 Å². The molecule has 4 aromatic rings. The zero-order valence-electron chi connectivity index (χ0n) is 17.1. The van der Waals surface area contributed by atoms with Crippen LogP contribution >= 0.6 is 0 Å². The van der Waals surface area contributed by atoms with Gasteiger partial charge in [-0.2, -0.15) is 5.10 Å². The number of amides is 1. The van der Waals surface area contributed by atoms with Gasteiger partial charge in [0.1, 0.15) is 5.52 Å². The average Bonchev–Trinajstić information content (AvgIpc) is 3.14. The highest BCUT2D eigenvalue weighted by Crippen LogP contribution is 2.27. The Bertz CT molecular complexity index is 1390. The van der Waals surface area contributed by atoms with Gasteiger partial charge < -0.3 is 15.2 Å². The molecule has 31 heavy (non-hydrogen) atoms. The monoisotopic (exact) mass is 416 g/mol. The minimum absolute atomic E-state index is 0.339. The molecule has 9 nitrogen and oxygen atoms in total. The lowest BCUT2D eigenvalue weighted by molar-refractivity contribution is -0.642. The van der Waals surface area contributed by atoms with Crippen molar-refractivity contribution in [3.8, 4) is 11.4 Å². The molecule has 5 rings (SSSR count). The molecule has 0 fully saturated rings. The van der Waals surface area contributed by atoms with Crippen LogP contribution < -0.4 is 4.85 Å². The van der Waals surface area contributed by atoms with Gasteiger partial charge in [-0.25, -0.2) is 9.78 Å². The van der Waals surface area contributed by atoms with E-state index >= 15 is 0 Å². The van der Waals surface area contributed by atoms with Crippen molar-refractivity contribution in [1.82, 2.24) is 24.8 Å². The molecule has 1 aliphatic rings. The molecule has 1 aliphatic heterocycles. The Morgan fingerprint density at radius 1 is 1.23 bits per heavy atom. The van der Waals surface area contributed by atoms with E-state index in [1.54, 1.807) is 10.7 Å². The third kappa shape index (κ3) is 3.33. The van der Waals surface area contributed by atoms with Crippen LogP contribution in [-0.2, 0) is 7.05 Å². The molecule has 0 bridgehead atoms. The van der Waals surface area contributed by atoms with E-state index in [0.717, 1.165) is 33.2 Å². The lowest BCUT2D eigenvalue weighted by Crippen LogP contribution is -2.34. The van der Waals surface area contributed by atoms with Gasteiger partial charge in [0.05, 0.1) is 5.52 Å². The first-order chi connectivity index (χ1) is 14.9. The minimum atomic E-state index is -0.924. The van der Waals surface area contributed by atoms with Crippen molar-refractivity contribution in [2.24, 2.45) is 7.05 Å². The second-order valence-electron chi connectivity index (χ2n) is 7.75.